The Kier molecular flexibility index (Phi) is 7.96. The van der Waals surface area contributed by atoms with Crippen LogP contribution < -0.4 is 10.2 Å². The molecule has 0 aromatic heterocycles. The van der Waals surface area contributed by atoms with Gasteiger partial charge in [0, 0.05) is 26.2 Å². The Morgan fingerprint density at radius 1 is 1.30 bits per heavy atom. The molecule has 2 rings (SSSR count). The molecular weight excluding hydrogens is 386 g/mol. The third-order valence-electron chi connectivity index (χ3n) is 4.64. The van der Waals surface area contributed by atoms with Crippen LogP contribution in [0.15, 0.2) is 23.1 Å². The van der Waals surface area contributed by atoms with Crippen molar-refractivity contribution in [2.24, 2.45) is 0 Å². The Morgan fingerprint density at radius 2 is 1.93 bits per heavy atom. The number of carbonyl (C=O) groups excluding carboxylic acids is 1. The van der Waals surface area contributed by atoms with Crippen molar-refractivity contribution in [1.82, 2.24) is 4.31 Å². The van der Waals surface area contributed by atoms with E-state index in [9.17, 15) is 13.2 Å². The van der Waals surface area contributed by atoms with E-state index in [-0.39, 0.29) is 16.1 Å². The molecule has 152 valence electrons. The molecule has 1 aliphatic rings. The summed E-state index contributed by atoms with van der Waals surface area (Å²) in [5, 5.41) is 2.69. The summed E-state index contributed by atoms with van der Waals surface area (Å²) in [6.45, 7) is 8.85. The molecule has 0 bridgehead atoms. The van der Waals surface area contributed by atoms with Crippen molar-refractivity contribution in [3.05, 3.63) is 18.2 Å². The highest BCUT2D eigenvalue weighted by Gasteiger charge is 2.25. The van der Waals surface area contributed by atoms with Gasteiger partial charge < -0.3 is 15.0 Å². The van der Waals surface area contributed by atoms with E-state index >= 15 is 0 Å². The molecule has 9 heteroatoms. The van der Waals surface area contributed by atoms with Crippen LogP contribution >= 0.6 is 11.8 Å². The lowest BCUT2D eigenvalue weighted by molar-refractivity contribution is -0.115. The molecular formula is C18H29N3O4S2. The van der Waals surface area contributed by atoms with E-state index in [2.05, 4.69) is 10.2 Å². The Balaban J connectivity index is 2.45. The Hall–Kier alpha value is -1.29. The smallest absolute Gasteiger partial charge is 0.243 e. The zero-order valence-corrected chi connectivity index (χ0v) is 18.0. The number of hydrogen-bond donors (Lipinski definition) is 1. The number of carbonyl (C=O) groups is 1. The zero-order valence-electron chi connectivity index (χ0n) is 16.4. The number of sulfonamides is 1. The Morgan fingerprint density at radius 3 is 2.48 bits per heavy atom. The summed E-state index contributed by atoms with van der Waals surface area (Å²) >= 11 is 1.44. The van der Waals surface area contributed by atoms with Gasteiger partial charge in [-0.3, -0.25) is 4.79 Å². The van der Waals surface area contributed by atoms with Crippen LogP contribution in [0.3, 0.4) is 0 Å². The number of amides is 1. The molecule has 0 aliphatic carbocycles. The summed E-state index contributed by atoms with van der Waals surface area (Å²) in [6.07, 6.45) is 1.87. The Bertz CT molecular complexity index is 745. The van der Waals surface area contributed by atoms with Crippen LogP contribution in [0.4, 0.5) is 11.4 Å². The molecule has 1 atom stereocenters. The third kappa shape index (κ3) is 5.16. The predicted octanol–water partition coefficient (Wildman–Crippen LogP) is 2.24. The van der Waals surface area contributed by atoms with Crippen molar-refractivity contribution in [1.29, 1.82) is 0 Å². The van der Waals surface area contributed by atoms with E-state index in [0.717, 1.165) is 5.69 Å². The minimum Gasteiger partial charge on any atom is -0.378 e. The first-order valence-corrected chi connectivity index (χ1v) is 11.9. The summed E-state index contributed by atoms with van der Waals surface area (Å²) in [5.74, 6) is -0.144. The molecule has 1 aromatic carbocycles. The highest BCUT2D eigenvalue weighted by Crippen LogP contribution is 2.31. The standard InChI is InChI=1S/C18H29N3O4S2/c1-5-21(6-2)27(23,24)15-7-8-17(20-9-11-25-12-10-20)16(13-15)19-18(22)14(3)26-4/h7-8,13-14H,5-6,9-12H2,1-4H3,(H,19,22)/t14-/m0/s1. The number of anilines is 2. The first-order valence-electron chi connectivity index (χ1n) is 9.15. The highest BCUT2D eigenvalue weighted by molar-refractivity contribution is 7.99. The van der Waals surface area contributed by atoms with Crippen molar-refractivity contribution < 1.29 is 17.9 Å². The van der Waals surface area contributed by atoms with Gasteiger partial charge in [0.05, 0.1) is 34.7 Å². The minimum absolute atomic E-state index is 0.144. The fourth-order valence-corrected chi connectivity index (χ4v) is 4.67. The summed E-state index contributed by atoms with van der Waals surface area (Å²) in [7, 11) is -3.60. The van der Waals surface area contributed by atoms with Gasteiger partial charge in [-0.05, 0) is 31.4 Å². The fourth-order valence-electron chi connectivity index (χ4n) is 2.91. The van der Waals surface area contributed by atoms with E-state index < -0.39 is 10.0 Å². The van der Waals surface area contributed by atoms with Gasteiger partial charge in [-0.2, -0.15) is 16.1 Å². The fraction of sp³-hybridized carbons (Fsp3) is 0.611. The van der Waals surface area contributed by atoms with E-state index in [1.54, 1.807) is 18.2 Å². The highest BCUT2D eigenvalue weighted by atomic mass is 32.2. The second-order valence-electron chi connectivity index (χ2n) is 6.23. The molecule has 0 spiro atoms. The van der Waals surface area contributed by atoms with Gasteiger partial charge in [0.15, 0.2) is 0 Å². The van der Waals surface area contributed by atoms with Crippen LogP contribution in [-0.2, 0) is 19.6 Å². The molecule has 0 unspecified atom stereocenters. The molecule has 1 amide bonds. The third-order valence-corrected chi connectivity index (χ3v) is 7.61. The molecule has 1 heterocycles. The first kappa shape index (κ1) is 22.0. The largest absolute Gasteiger partial charge is 0.378 e. The maximum absolute atomic E-state index is 12.9. The van der Waals surface area contributed by atoms with Crippen molar-refractivity contribution in [3.63, 3.8) is 0 Å². The quantitative estimate of drug-likeness (QED) is 0.702. The van der Waals surface area contributed by atoms with Gasteiger partial charge in [0.25, 0.3) is 0 Å². The number of morpholine rings is 1. The van der Waals surface area contributed by atoms with Gasteiger partial charge in [0.2, 0.25) is 15.9 Å². The normalized spacial score (nSPS) is 16.4. The molecule has 27 heavy (non-hydrogen) atoms. The van der Waals surface area contributed by atoms with Gasteiger partial charge in [-0.15, -0.1) is 0 Å². The molecule has 1 aliphatic heterocycles. The van der Waals surface area contributed by atoms with Crippen LogP contribution in [0, 0.1) is 0 Å². The maximum Gasteiger partial charge on any atom is 0.243 e. The number of nitrogens with one attached hydrogen (secondary N) is 1. The predicted molar refractivity (Wildman–Crippen MR) is 111 cm³/mol. The van der Waals surface area contributed by atoms with E-state index in [1.165, 1.54) is 16.1 Å². The average Bonchev–Trinajstić information content (AvgIpc) is 2.68. The van der Waals surface area contributed by atoms with Gasteiger partial charge in [0.1, 0.15) is 0 Å². The summed E-state index contributed by atoms with van der Waals surface area (Å²) in [4.78, 5) is 14.7. The van der Waals surface area contributed by atoms with Gasteiger partial charge in [-0.1, -0.05) is 13.8 Å². The van der Waals surface area contributed by atoms with Crippen molar-refractivity contribution in [2.75, 3.05) is 55.9 Å². The van der Waals surface area contributed by atoms with Crippen LogP contribution in [0.25, 0.3) is 0 Å². The first-order chi connectivity index (χ1) is 12.8. The van der Waals surface area contributed by atoms with Gasteiger partial charge in [-0.25, -0.2) is 8.42 Å². The molecule has 7 nitrogen and oxygen atoms in total. The second kappa shape index (κ2) is 9.77. The van der Waals surface area contributed by atoms with E-state index in [1.807, 2.05) is 27.0 Å². The number of nitrogens with zero attached hydrogens (tertiary/aromatic N) is 2. The van der Waals surface area contributed by atoms with Crippen molar-refractivity contribution >= 4 is 39.1 Å². The van der Waals surface area contributed by atoms with Gasteiger partial charge >= 0.3 is 0 Å². The van der Waals surface area contributed by atoms with Crippen molar-refractivity contribution in [3.8, 4) is 0 Å². The number of ether oxygens (including phenoxy) is 1. The monoisotopic (exact) mass is 415 g/mol. The van der Waals surface area contributed by atoms with Crippen LogP contribution in [0.5, 0.6) is 0 Å². The number of rotatable bonds is 8. The summed E-state index contributed by atoms with van der Waals surface area (Å²) in [6, 6.07) is 4.97. The SMILES string of the molecule is CCN(CC)S(=O)(=O)c1ccc(N2CCOCC2)c(NC(=O)[C@H](C)SC)c1. The van der Waals surface area contributed by atoms with Crippen LogP contribution in [-0.4, -0.2) is 69.5 Å². The lowest BCUT2D eigenvalue weighted by atomic mass is 10.2. The maximum atomic E-state index is 12.9. The number of benzene rings is 1. The molecule has 0 radical (unpaired) electrons. The molecule has 1 N–H and O–H groups in total. The molecule has 0 saturated carbocycles. The molecule has 1 saturated heterocycles. The molecule has 1 fully saturated rings. The average molecular weight is 416 g/mol. The topological polar surface area (TPSA) is 79.0 Å². The summed E-state index contributed by atoms with van der Waals surface area (Å²) < 4.78 is 32.6. The lowest BCUT2D eigenvalue weighted by Gasteiger charge is -2.31. The second-order valence-corrected chi connectivity index (χ2v) is 9.35. The van der Waals surface area contributed by atoms with Crippen molar-refractivity contribution in [2.45, 2.75) is 30.9 Å². The summed E-state index contributed by atoms with van der Waals surface area (Å²) in [5.41, 5.74) is 1.34. The Labute approximate surface area is 166 Å². The van der Waals surface area contributed by atoms with Crippen LogP contribution in [0.2, 0.25) is 0 Å². The number of thioether (sulfide) groups is 1. The molecule has 1 aromatic rings. The minimum atomic E-state index is -3.60. The van der Waals surface area contributed by atoms with E-state index in [4.69, 9.17) is 4.74 Å². The lowest BCUT2D eigenvalue weighted by Crippen LogP contribution is -2.37. The zero-order chi connectivity index (χ0) is 20.0. The van der Waals surface area contributed by atoms with E-state index in [0.29, 0.717) is 45.1 Å². The number of hydrogen-bond acceptors (Lipinski definition) is 6. The van der Waals surface area contributed by atoms with Crippen LogP contribution in [0.1, 0.15) is 20.8 Å².